The highest BCUT2D eigenvalue weighted by atomic mass is 19.4. The molecule has 1 aliphatic heterocycles. The summed E-state index contributed by atoms with van der Waals surface area (Å²) in [6.07, 6.45) is 0.100. The van der Waals surface area contributed by atoms with E-state index >= 15 is 0 Å². The Morgan fingerprint density at radius 2 is 1.97 bits per heavy atom. The minimum atomic E-state index is -4.94. The number of hydrogen-bond donors (Lipinski definition) is 1. The van der Waals surface area contributed by atoms with Crippen LogP contribution in [0.2, 0.25) is 0 Å². The third-order valence-corrected chi connectivity index (χ3v) is 4.72. The smallest absolute Gasteiger partial charge is 0.418 e. The zero-order valence-electron chi connectivity index (χ0n) is 16.5. The normalized spacial score (nSPS) is 16.3. The summed E-state index contributed by atoms with van der Waals surface area (Å²) in [5, 5.41) is 12.7. The van der Waals surface area contributed by atoms with Gasteiger partial charge in [0.15, 0.2) is 6.61 Å². The van der Waals surface area contributed by atoms with Crippen LogP contribution in [0.4, 0.5) is 30.5 Å². The third kappa shape index (κ3) is 5.47. The largest absolute Gasteiger partial charge is 0.454 e. The first kappa shape index (κ1) is 22.9. The van der Waals surface area contributed by atoms with Gasteiger partial charge < -0.3 is 15.0 Å². The number of esters is 1. The van der Waals surface area contributed by atoms with Crippen molar-refractivity contribution < 1.29 is 32.4 Å². The van der Waals surface area contributed by atoms with Gasteiger partial charge in [0.05, 0.1) is 16.2 Å². The first-order valence-corrected chi connectivity index (χ1v) is 9.52. The van der Waals surface area contributed by atoms with E-state index in [9.17, 15) is 32.9 Å². The molecule has 1 aromatic heterocycles. The van der Waals surface area contributed by atoms with Gasteiger partial charge in [0.25, 0.3) is 11.6 Å². The molecule has 1 aromatic carbocycles. The topological polar surface area (TPSA) is 128 Å². The fraction of sp³-hybridized carbons (Fsp3) is 0.368. The SMILES string of the molecule is O=C(COC(=O)C1CCCCN1c1ncccn1)Nc1ccc([N+](=O)[O-])cc1C(F)(F)F. The molecule has 2 aromatic rings. The van der Waals surface area contributed by atoms with Gasteiger partial charge in [-0.05, 0) is 31.4 Å². The van der Waals surface area contributed by atoms with Crippen LogP contribution in [-0.2, 0) is 20.5 Å². The molecule has 10 nitrogen and oxygen atoms in total. The minimum Gasteiger partial charge on any atom is -0.454 e. The highest BCUT2D eigenvalue weighted by Crippen LogP contribution is 2.37. The third-order valence-electron chi connectivity index (χ3n) is 4.72. The molecule has 32 heavy (non-hydrogen) atoms. The number of amides is 1. The van der Waals surface area contributed by atoms with E-state index in [1.807, 2.05) is 5.32 Å². The zero-order chi connectivity index (χ0) is 23.3. The van der Waals surface area contributed by atoms with E-state index in [1.165, 1.54) is 12.4 Å². The molecule has 0 radical (unpaired) electrons. The fourth-order valence-electron chi connectivity index (χ4n) is 3.26. The average Bonchev–Trinajstić information content (AvgIpc) is 2.77. The second-order valence-corrected chi connectivity index (χ2v) is 6.89. The Balaban J connectivity index is 1.65. The number of nitro benzene ring substituents is 1. The molecule has 170 valence electrons. The fourth-order valence-corrected chi connectivity index (χ4v) is 3.26. The standard InChI is InChI=1S/C19H18F3N5O5/c20-19(21,22)13-10-12(27(30)31)5-6-14(13)25-16(28)11-32-17(29)15-4-1-2-9-26(15)18-23-7-3-8-24-18/h3,5-8,10,15H,1-2,4,9,11H2,(H,25,28). The van der Waals surface area contributed by atoms with Gasteiger partial charge in [0, 0.05) is 31.1 Å². The molecule has 1 unspecified atom stereocenters. The molecule has 0 bridgehead atoms. The number of ether oxygens (including phenoxy) is 1. The quantitative estimate of drug-likeness (QED) is 0.402. The molecule has 3 rings (SSSR count). The van der Waals surface area contributed by atoms with Crippen LogP contribution in [-0.4, -0.2) is 46.0 Å². The van der Waals surface area contributed by atoms with Gasteiger partial charge >= 0.3 is 12.1 Å². The maximum Gasteiger partial charge on any atom is 0.418 e. The second kappa shape index (κ2) is 9.58. The van der Waals surface area contributed by atoms with E-state index < -0.39 is 52.6 Å². The van der Waals surface area contributed by atoms with Crippen LogP contribution in [0, 0.1) is 10.1 Å². The molecule has 0 aliphatic carbocycles. The Morgan fingerprint density at radius 1 is 1.25 bits per heavy atom. The number of alkyl halides is 3. The number of hydrogen-bond acceptors (Lipinski definition) is 8. The second-order valence-electron chi connectivity index (χ2n) is 6.89. The molecule has 1 amide bonds. The Labute approximate surface area is 179 Å². The summed E-state index contributed by atoms with van der Waals surface area (Å²) in [5.74, 6) is -1.41. The number of non-ortho nitro benzene ring substituents is 1. The molecule has 1 aliphatic rings. The predicted molar refractivity (Wildman–Crippen MR) is 105 cm³/mol. The van der Waals surface area contributed by atoms with Crippen molar-refractivity contribution >= 4 is 29.2 Å². The van der Waals surface area contributed by atoms with Crippen molar-refractivity contribution in [1.29, 1.82) is 0 Å². The zero-order valence-corrected chi connectivity index (χ0v) is 16.5. The number of carbonyl (C=O) groups is 2. The van der Waals surface area contributed by atoms with Crippen molar-refractivity contribution in [2.45, 2.75) is 31.5 Å². The Bertz CT molecular complexity index is 1000. The van der Waals surface area contributed by atoms with Crippen LogP contribution in [0.15, 0.2) is 36.7 Å². The number of aromatic nitrogens is 2. The van der Waals surface area contributed by atoms with Crippen molar-refractivity contribution in [3.05, 3.63) is 52.3 Å². The van der Waals surface area contributed by atoms with Gasteiger partial charge in [-0.1, -0.05) is 0 Å². The van der Waals surface area contributed by atoms with Gasteiger partial charge in [0.2, 0.25) is 5.95 Å². The van der Waals surface area contributed by atoms with E-state index in [0.29, 0.717) is 25.0 Å². The molecule has 1 atom stereocenters. The highest BCUT2D eigenvalue weighted by molar-refractivity contribution is 5.94. The van der Waals surface area contributed by atoms with Crippen molar-refractivity contribution in [3.8, 4) is 0 Å². The number of carbonyl (C=O) groups excluding carboxylic acids is 2. The van der Waals surface area contributed by atoms with Crippen LogP contribution in [0.25, 0.3) is 0 Å². The lowest BCUT2D eigenvalue weighted by Gasteiger charge is -2.33. The summed E-state index contributed by atoms with van der Waals surface area (Å²) in [6.45, 7) is -0.319. The number of nitrogens with zero attached hydrogens (tertiary/aromatic N) is 4. The summed E-state index contributed by atoms with van der Waals surface area (Å²) in [6, 6.07) is 2.82. The van der Waals surface area contributed by atoms with Gasteiger partial charge in [-0.25, -0.2) is 14.8 Å². The number of nitrogens with one attached hydrogen (secondary N) is 1. The molecule has 2 heterocycles. The van der Waals surface area contributed by atoms with Crippen LogP contribution >= 0.6 is 0 Å². The van der Waals surface area contributed by atoms with Crippen LogP contribution in [0.1, 0.15) is 24.8 Å². The average molecular weight is 453 g/mol. The lowest BCUT2D eigenvalue weighted by molar-refractivity contribution is -0.385. The number of halogens is 3. The minimum absolute atomic E-state index is 0.321. The van der Waals surface area contributed by atoms with Crippen molar-refractivity contribution in [2.24, 2.45) is 0 Å². The number of anilines is 2. The Hall–Kier alpha value is -3.77. The maximum absolute atomic E-state index is 13.2. The maximum atomic E-state index is 13.2. The first-order chi connectivity index (χ1) is 15.2. The molecule has 0 saturated carbocycles. The van der Waals surface area contributed by atoms with Crippen LogP contribution < -0.4 is 10.2 Å². The monoisotopic (exact) mass is 453 g/mol. The lowest BCUT2D eigenvalue weighted by Crippen LogP contribution is -2.47. The van der Waals surface area contributed by atoms with E-state index in [0.717, 1.165) is 25.0 Å². The van der Waals surface area contributed by atoms with E-state index in [-0.39, 0.29) is 0 Å². The van der Waals surface area contributed by atoms with Gasteiger partial charge in [-0.2, -0.15) is 13.2 Å². The summed E-state index contributed by atoms with van der Waals surface area (Å²) in [4.78, 5) is 44.3. The Kier molecular flexibility index (Phi) is 6.85. The van der Waals surface area contributed by atoms with Crippen molar-refractivity contribution in [1.82, 2.24) is 9.97 Å². The van der Waals surface area contributed by atoms with Gasteiger partial charge in [-0.15, -0.1) is 0 Å². The highest BCUT2D eigenvalue weighted by Gasteiger charge is 2.36. The number of benzene rings is 1. The van der Waals surface area contributed by atoms with Crippen LogP contribution in [0.3, 0.4) is 0 Å². The van der Waals surface area contributed by atoms with Crippen LogP contribution in [0.5, 0.6) is 0 Å². The molecule has 1 N–H and O–H groups in total. The van der Waals surface area contributed by atoms with Crippen molar-refractivity contribution in [2.75, 3.05) is 23.4 Å². The van der Waals surface area contributed by atoms with E-state index in [4.69, 9.17) is 4.74 Å². The van der Waals surface area contributed by atoms with Gasteiger partial charge in [0.1, 0.15) is 6.04 Å². The summed E-state index contributed by atoms with van der Waals surface area (Å²) >= 11 is 0. The molecule has 0 spiro atoms. The summed E-state index contributed by atoms with van der Waals surface area (Å²) in [7, 11) is 0. The molecular weight excluding hydrogens is 435 g/mol. The first-order valence-electron chi connectivity index (χ1n) is 9.52. The number of rotatable bonds is 6. The number of piperidine rings is 1. The molecule has 1 fully saturated rings. The molecule has 1 saturated heterocycles. The number of nitro groups is 1. The van der Waals surface area contributed by atoms with Gasteiger partial charge in [-0.3, -0.25) is 14.9 Å². The lowest BCUT2D eigenvalue weighted by atomic mass is 10.0. The van der Waals surface area contributed by atoms with E-state index in [2.05, 4.69) is 9.97 Å². The molecular formula is C19H18F3N5O5. The molecule has 13 heteroatoms. The summed E-state index contributed by atoms with van der Waals surface area (Å²) < 4.78 is 44.7. The Morgan fingerprint density at radius 3 is 2.62 bits per heavy atom. The summed E-state index contributed by atoms with van der Waals surface area (Å²) in [5.41, 5.74) is -2.84. The van der Waals surface area contributed by atoms with E-state index in [1.54, 1.807) is 11.0 Å². The van der Waals surface area contributed by atoms with Crippen molar-refractivity contribution in [3.63, 3.8) is 0 Å². The predicted octanol–water partition coefficient (Wildman–Crippen LogP) is 2.94.